The van der Waals surface area contributed by atoms with Crippen LogP contribution in [0.4, 0.5) is 13.6 Å². The number of imide groups is 1. The molecule has 5 amide bonds. The van der Waals surface area contributed by atoms with Gasteiger partial charge in [0.2, 0.25) is 11.8 Å². The number of piperidine rings is 1. The average molecular weight is 577 g/mol. The Morgan fingerprint density at radius 1 is 0.952 bits per heavy atom. The molecule has 3 heterocycles. The van der Waals surface area contributed by atoms with E-state index in [4.69, 9.17) is 0 Å². The highest BCUT2D eigenvalue weighted by Crippen LogP contribution is 2.43. The smallest absolute Gasteiger partial charge is 0.320 e. The van der Waals surface area contributed by atoms with E-state index in [1.165, 1.54) is 28.7 Å². The molecule has 1 unspecified atom stereocenters. The Kier molecular flexibility index (Phi) is 7.11. The molecule has 0 radical (unpaired) electrons. The highest BCUT2D eigenvalue weighted by molar-refractivity contribution is 6.05. The minimum Gasteiger partial charge on any atom is -0.322 e. The van der Waals surface area contributed by atoms with Gasteiger partial charge in [0.25, 0.3) is 5.91 Å². The second-order valence-electron chi connectivity index (χ2n) is 12.6. The van der Waals surface area contributed by atoms with E-state index in [9.17, 15) is 23.6 Å². The summed E-state index contributed by atoms with van der Waals surface area (Å²) < 4.78 is 28.8. The Hall–Kier alpha value is -4.08. The molecular weight excluding hydrogens is 542 g/mol. The van der Waals surface area contributed by atoms with Crippen molar-refractivity contribution in [3.05, 3.63) is 75.9 Å². The molecule has 2 aromatic rings. The number of halogens is 2. The Morgan fingerprint density at radius 2 is 1.67 bits per heavy atom. The molecule has 2 fully saturated rings. The van der Waals surface area contributed by atoms with Crippen molar-refractivity contribution in [1.29, 1.82) is 0 Å². The van der Waals surface area contributed by atoms with Crippen LogP contribution >= 0.6 is 0 Å². The maximum Gasteiger partial charge on any atom is 0.320 e. The lowest BCUT2D eigenvalue weighted by Gasteiger charge is -2.35. The molecular formula is C32H34F2N4O4. The minimum absolute atomic E-state index is 0.0674. The lowest BCUT2D eigenvalue weighted by molar-refractivity contribution is -0.136. The number of benzene rings is 2. The van der Waals surface area contributed by atoms with Crippen LogP contribution in [0.15, 0.2) is 42.0 Å². The third-order valence-electron chi connectivity index (χ3n) is 8.99. The lowest BCUT2D eigenvalue weighted by Crippen LogP contribution is -2.52. The zero-order valence-corrected chi connectivity index (χ0v) is 23.8. The molecule has 0 bridgehead atoms. The zero-order chi connectivity index (χ0) is 29.8. The van der Waals surface area contributed by atoms with Crippen LogP contribution in [0.1, 0.15) is 73.0 Å². The zero-order valence-electron chi connectivity index (χ0n) is 23.8. The van der Waals surface area contributed by atoms with E-state index in [0.29, 0.717) is 30.8 Å². The molecule has 0 saturated carbocycles. The standard InChI is InChI=1S/C32H34F2N4O4/c1-32(2)10-9-20(25(15-32)19-3-5-23(33)6-4-19)16-36-11-12-37(31(36)42)17-22-13-21-18-38(30(41)24(21)14-26(22)34)27-7-8-28(39)35-29(27)40/h3-6,13-14,27H,7-12,15-18H2,1-2H3,(H,35,39,40). The topological polar surface area (TPSA) is 90.0 Å². The fourth-order valence-corrected chi connectivity index (χ4v) is 6.59. The number of nitrogens with zero attached hydrogens (tertiary/aromatic N) is 3. The van der Waals surface area contributed by atoms with Crippen molar-refractivity contribution in [3.63, 3.8) is 0 Å². The monoisotopic (exact) mass is 576 g/mol. The summed E-state index contributed by atoms with van der Waals surface area (Å²) in [5.41, 5.74) is 4.53. The molecule has 0 spiro atoms. The molecule has 1 N–H and O–H groups in total. The quantitative estimate of drug-likeness (QED) is 0.508. The molecule has 0 aromatic heterocycles. The van der Waals surface area contributed by atoms with E-state index in [1.807, 2.05) is 0 Å². The molecule has 3 aliphatic heterocycles. The van der Waals surface area contributed by atoms with Crippen LogP contribution in [0.25, 0.3) is 5.57 Å². The number of fused-ring (bicyclic) bond motifs is 1. The molecule has 2 saturated heterocycles. The van der Waals surface area contributed by atoms with Crippen molar-refractivity contribution in [3.8, 4) is 0 Å². The number of hydrogen-bond donors (Lipinski definition) is 1. The number of rotatable bonds is 6. The first-order valence-electron chi connectivity index (χ1n) is 14.5. The van der Waals surface area contributed by atoms with Gasteiger partial charge < -0.3 is 14.7 Å². The molecule has 4 aliphatic rings. The third kappa shape index (κ3) is 5.30. The maximum absolute atomic E-state index is 15.2. The van der Waals surface area contributed by atoms with Crippen LogP contribution in [-0.2, 0) is 22.7 Å². The Morgan fingerprint density at radius 3 is 2.38 bits per heavy atom. The first-order valence-corrected chi connectivity index (χ1v) is 14.5. The van der Waals surface area contributed by atoms with E-state index in [-0.39, 0.29) is 54.7 Å². The number of urea groups is 1. The van der Waals surface area contributed by atoms with Crippen molar-refractivity contribution < 1.29 is 28.0 Å². The average Bonchev–Trinajstić information content (AvgIpc) is 3.44. The van der Waals surface area contributed by atoms with Gasteiger partial charge in [0.15, 0.2) is 0 Å². The normalized spacial score (nSPS) is 22.3. The van der Waals surface area contributed by atoms with E-state index in [0.717, 1.165) is 30.4 Å². The summed E-state index contributed by atoms with van der Waals surface area (Å²) in [6, 6.07) is 8.39. The first-order chi connectivity index (χ1) is 20.0. The number of carbonyl (C=O) groups excluding carboxylic acids is 4. The Labute approximate surface area is 243 Å². The molecule has 10 heteroatoms. The summed E-state index contributed by atoms with van der Waals surface area (Å²) in [4.78, 5) is 55.1. The second-order valence-corrected chi connectivity index (χ2v) is 12.6. The van der Waals surface area contributed by atoms with E-state index >= 15 is 4.39 Å². The third-order valence-corrected chi connectivity index (χ3v) is 8.99. The van der Waals surface area contributed by atoms with Gasteiger partial charge in [-0.2, -0.15) is 0 Å². The second kappa shape index (κ2) is 10.6. The van der Waals surface area contributed by atoms with Crippen LogP contribution in [0.5, 0.6) is 0 Å². The summed E-state index contributed by atoms with van der Waals surface area (Å²) in [6.45, 7) is 6.08. The van der Waals surface area contributed by atoms with Gasteiger partial charge in [0.1, 0.15) is 17.7 Å². The van der Waals surface area contributed by atoms with Gasteiger partial charge >= 0.3 is 6.03 Å². The molecule has 220 valence electrons. The molecule has 6 rings (SSSR count). The molecule has 42 heavy (non-hydrogen) atoms. The molecule has 2 aromatic carbocycles. The summed E-state index contributed by atoms with van der Waals surface area (Å²) in [6.07, 6.45) is 3.06. The Balaban J connectivity index is 1.16. The van der Waals surface area contributed by atoms with Crippen LogP contribution in [0.3, 0.4) is 0 Å². The Bertz CT molecular complexity index is 1520. The highest BCUT2D eigenvalue weighted by atomic mass is 19.1. The van der Waals surface area contributed by atoms with Gasteiger partial charge in [-0.25, -0.2) is 13.6 Å². The van der Waals surface area contributed by atoms with Crippen molar-refractivity contribution in [2.45, 2.75) is 65.1 Å². The predicted molar refractivity (Wildman–Crippen MR) is 151 cm³/mol. The summed E-state index contributed by atoms with van der Waals surface area (Å²) in [7, 11) is 0. The molecule has 1 aliphatic carbocycles. The number of carbonyl (C=O) groups is 4. The summed E-state index contributed by atoms with van der Waals surface area (Å²) >= 11 is 0. The maximum atomic E-state index is 15.2. The SMILES string of the molecule is CC1(C)CCC(CN2CCN(Cc3cc4c(cc3F)C(=O)N(C3CCC(=O)NC3=O)C4)C2=O)=C(c2ccc(F)cc2)C1. The van der Waals surface area contributed by atoms with Gasteiger partial charge in [0, 0.05) is 43.7 Å². The number of allylic oxidation sites excluding steroid dienone is 1. The van der Waals surface area contributed by atoms with Gasteiger partial charge in [0.05, 0.1) is 6.54 Å². The molecule has 1 atom stereocenters. The number of nitrogens with one attached hydrogen (secondary N) is 1. The van der Waals surface area contributed by atoms with Gasteiger partial charge in [-0.1, -0.05) is 26.0 Å². The predicted octanol–water partition coefficient (Wildman–Crippen LogP) is 4.63. The van der Waals surface area contributed by atoms with Gasteiger partial charge in [-0.3, -0.25) is 19.7 Å². The first kappa shape index (κ1) is 28.1. The van der Waals surface area contributed by atoms with Gasteiger partial charge in [-0.05, 0) is 77.6 Å². The van der Waals surface area contributed by atoms with Crippen LogP contribution in [0.2, 0.25) is 0 Å². The largest absolute Gasteiger partial charge is 0.322 e. The number of amides is 5. The summed E-state index contributed by atoms with van der Waals surface area (Å²) in [5.74, 6) is -2.18. The van der Waals surface area contributed by atoms with Crippen LogP contribution < -0.4 is 5.32 Å². The van der Waals surface area contributed by atoms with Crippen molar-refractivity contribution >= 4 is 29.3 Å². The van der Waals surface area contributed by atoms with E-state index < -0.39 is 23.7 Å². The van der Waals surface area contributed by atoms with Gasteiger partial charge in [-0.15, -0.1) is 0 Å². The van der Waals surface area contributed by atoms with Crippen LogP contribution in [0, 0.1) is 17.0 Å². The highest BCUT2D eigenvalue weighted by Gasteiger charge is 2.40. The van der Waals surface area contributed by atoms with Crippen molar-refractivity contribution in [2.75, 3.05) is 19.6 Å². The van der Waals surface area contributed by atoms with Crippen LogP contribution in [-0.4, -0.2) is 64.1 Å². The van der Waals surface area contributed by atoms with Crippen molar-refractivity contribution in [1.82, 2.24) is 20.0 Å². The van der Waals surface area contributed by atoms with E-state index in [2.05, 4.69) is 19.2 Å². The number of hydrogen-bond acceptors (Lipinski definition) is 4. The fourth-order valence-electron chi connectivity index (χ4n) is 6.59. The fraction of sp³-hybridized carbons (Fsp3) is 0.438. The minimum atomic E-state index is -0.776. The van der Waals surface area contributed by atoms with E-state index in [1.54, 1.807) is 28.0 Å². The lowest BCUT2D eigenvalue weighted by atomic mass is 9.72. The summed E-state index contributed by atoms with van der Waals surface area (Å²) in [5, 5.41) is 2.27. The van der Waals surface area contributed by atoms with Crippen molar-refractivity contribution in [2.24, 2.45) is 5.41 Å². The molecule has 8 nitrogen and oxygen atoms in total.